The molecular formula is C20H26N4O. The molecule has 3 rings (SSSR count). The van der Waals surface area contributed by atoms with Crippen molar-refractivity contribution in [3.05, 3.63) is 59.8 Å². The largest absolute Gasteiger partial charge is 0.370 e. The van der Waals surface area contributed by atoms with Crippen LogP contribution in [0.4, 0.5) is 5.82 Å². The number of benzene rings is 1. The van der Waals surface area contributed by atoms with Crippen LogP contribution in [0.5, 0.6) is 0 Å². The first-order valence-electron chi connectivity index (χ1n) is 8.79. The van der Waals surface area contributed by atoms with Gasteiger partial charge in [-0.1, -0.05) is 18.2 Å². The molecule has 2 heterocycles. The second kappa shape index (κ2) is 8.12. The number of carbonyl (C=O) groups excluding carboxylic acids is 1. The second-order valence-electron chi connectivity index (χ2n) is 6.89. The monoisotopic (exact) mass is 338 g/mol. The third kappa shape index (κ3) is 4.79. The predicted octanol–water partition coefficient (Wildman–Crippen LogP) is 2.72. The number of anilines is 1. The first-order chi connectivity index (χ1) is 12.1. The lowest BCUT2D eigenvalue weighted by molar-refractivity contribution is 0.0827. The van der Waals surface area contributed by atoms with Crippen molar-refractivity contribution in [1.29, 1.82) is 0 Å². The summed E-state index contributed by atoms with van der Waals surface area (Å²) in [6, 6.07) is 13.9. The van der Waals surface area contributed by atoms with Gasteiger partial charge in [0.25, 0.3) is 5.91 Å². The normalized spacial score (nSPS) is 17.4. The molecule has 0 bridgehead atoms. The molecule has 0 radical (unpaired) electrons. The lowest BCUT2D eigenvalue weighted by atomic mass is 10.1. The second-order valence-corrected chi connectivity index (χ2v) is 6.89. The lowest BCUT2D eigenvalue weighted by Crippen LogP contribution is -2.24. The number of hydrogen-bond acceptors (Lipinski definition) is 4. The van der Waals surface area contributed by atoms with Gasteiger partial charge < -0.3 is 10.2 Å². The van der Waals surface area contributed by atoms with Crippen molar-refractivity contribution in [2.75, 3.05) is 39.0 Å². The SMILES string of the molecule is CN(C)C(=O)c1cccc(CN2CCC(CNc3ccccn3)C2)c1. The standard InChI is InChI=1S/C20H26N4O/c1-23(2)20(25)18-7-5-6-16(12-18)14-24-11-9-17(15-24)13-22-19-8-3-4-10-21-19/h3-8,10,12,17H,9,11,13-15H2,1-2H3,(H,21,22). The summed E-state index contributed by atoms with van der Waals surface area (Å²) in [6.07, 6.45) is 3.00. The molecule has 5 heteroatoms. The molecule has 1 aromatic carbocycles. The molecule has 1 aliphatic heterocycles. The molecule has 0 aliphatic carbocycles. The Labute approximate surface area is 149 Å². The summed E-state index contributed by atoms with van der Waals surface area (Å²) in [7, 11) is 3.57. The summed E-state index contributed by atoms with van der Waals surface area (Å²) in [5.41, 5.74) is 1.96. The number of likely N-dealkylation sites (tertiary alicyclic amines) is 1. The van der Waals surface area contributed by atoms with Gasteiger partial charge in [-0.05, 0) is 48.7 Å². The quantitative estimate of drug-likeness (QED) is 0.880. The smallest absolute Gasteiger partial charge is 0.253 e. The van der Waals surface area contributed by atoms with Crippen LogP contribution in [0.1, 0.15) is 22.3 Å². The molecule has 1 saturated heterocycles. The molecule has 0 spiro atoms. The zero-order valence-corrected chi connectivity index (χ0v) is 15.0. The highest BCUT2D eigenvalue weighted by Crippen LogP contribution is 2.20. The molecule has 1 unspecified atom stereocenters. The van der Waals surface area contributed by atoms with Crippen LogP contribution in [-0.4, -0.2) is 54.4 Å². The Hall–Kier alpha value is -2.40. The molecule has 1 amide bonds. The van der Waals surface area contributed by atoms with E-state index in [1.165, 1.54) is 12.0 Å². The van der Waals surface area contributed by atoms with Crippen LogP contribution in [0, 0.1) is 5.92 Å². The predicted molar refractivity (Wildman–Crippen MR) is 101 cm³/mol. The Bertz CT molecular complexity index is 702. The number of nitrogens with zero attached hydrogens (tertiary/aromatic N) is 3. The van der Waals surface area contributed by atoms with E-state index in [1.807, 2.05) is 42.6 Å². The summed E-state index contributed by atoms with van der Waals surface area (Å²) < 4.78 is 0. The first kappa shape index (κ1) is 17.4. The van der Waals surface area contributed by atoms with Crippen molar-refractivity contribution in [2.24, 2.45) is 5.92 Å². The van der Waals surface area contributed by atoms with Gasteiger partial charge in [0.2, 0.25) is 0 Å². The van der Waals surface area contributed by atoms with E-state index < -0.39 is 0 Å². The van der Waals surface area contributed by atoms with Crippen LogP contribution < -0.4 is 5.32 Å². The van der Waals surface area contributed by atoms with Crippen LogP contribution in [0.15, 0.2) is 48.7 Å². The average molecular weight is 338 g/mol. The van der Waals surface area contributed by atoms with E-state index in [1.54, 1.807) is 19.0 Å². The van der Waals surface area contributed by atoms with Crippen LogP contribution in [0.2, 0.25) is 0 Å². The molecular weight excluding hydrogens is 312 g/mol. The van der Waals surface area contributed by atoms with Gasteiger partial charge in [0.15, 0.2) is 0 Å². The van der Waals surface area contributed by atoms with Gasteiger partial charge >= 0.3 is 0 Å². The topological polar surface area (TPSA) is 48.5 Å². The minimum atomic E-state index is 0.0562. The van der Waals surface area contributed by atoms with Gasteiger partial charge in [-0.3, -0.25) is 9.69 Å². The molecule has 5 nitrogen and oxygen atoms in total. The maximum Gasteiger partial charge on any atom is 0.253 e. The van der Waals surface area contributed by atoms with E-state index in [4.69, 9.17) is 0 Å². The maximum atomic E-state index is 12.1. The summed E-state index contributed by atoms with van der Waals surface area (Å²) in [5.74, 6) is 1.63. The molecule has 25 heavy (non-hydrogen) atoms. The molecule has 1 aliphatic rings. The number of pyridine rings is 1. The van der Waals surface area contributed by atoms with Crippen LogP contribution >= 0.6 is 0 Å². The number of amides is 1. The van der Waals surface area contributed by atoms with E-state index in [2.05, 4.69) is 21.3 Å². The van der Waals surface area contributed by atoms with Gasteiger partial charge in [0.05, 0.1) is 0 Å². The van der Waals surface area contributed by atoms with E-state index >= 15 is 0 Å². The van der Waals surface area contributed by atoms with Gasteiger partial charge in [-0.2, -0.15) is 0 Å². The van der Waals surface area contributed by atoms with E-state index in [0.29, 0.717) is 5.92 Å². The van der Waals surface area contributed by atoms with Crippen molar-refractivity contribution >= 4 is 11.7 Å². The number of hydrogen-bond donors (Lipinski definition) is 1. The Kier molecular flexibility index (Phi) is 5.66. The fourth-order valence-electron chi connectivity index (χ4n) is 3.26. The molecule has 132 valence electrons. The van der Waals surface area contributed by atoms with Crippen molar-refractivity contribution in [3.63, 3.8) is 0 Å². The van der Waals surface area contributed by atoms with Crippen LogP contribution in [-0.2, 0) is 6.54 Å². The molecule has 1 aromatic heterocycles. The van der Waals surface area contributed by atoms with Crippen LogP contribution in [0.3, 0.4) is 0 Å². The van der Waals surface area contributed by atoms with E-state index in [0.717, 1.165) is 37.6 Å². The van der Waals surface area contributed by atoms with Gasteiger partial charge in [-0.15, -0.1) is 0 Å². The third-order valence-electron chi connectivity index (χ3n) is 4.59. The fraction of sp³-hybridized carbons (Fsp3) is 0.400. The molecule has 2 aromatic rings. The van der Waals surface area contributed by atoms with Crippen molar-refractivity contribution in [1.82, 2.24) is 14.8 Å². The zero-order chi connectivity index (χ0) is 17.6. The highest BCUT2D eigenvalue weighted by Gasteiger charge is 2.22. The molecule has 1 N–H and O–H groups in total. The Morgan fingerprint density at radius 3 is 2.92 bits per heavy atom. The fourth-order valence-corrected chi connectivity index (χ4v) is 3.26. The summed E-state index contributed by atoms with van der Waals surface area (Å²) in [5, 5.41) is 3.42. The minimum Gasteiger partial charge on any atom is -0.370 e. The number of nitrogens with one attached hydrogen (secondary N) is 1. The summed E-state index contributed by atoms with van der Waals surface area (Å²) >= 11 is 0. The maximum absolute atomic E-state index is 12.1. The van der Waals surface area contributed by atoms with Crippen LogP contribution in [0.25, 0.3) is 0 Å². The molecule has 1 atom stereocenters. The van der Waals surface area contributed by atoms with E-state index in [-0.39, 0.29) is 5.91 Å². The Morgan fingerprint density at radius 2 is 2.16 bits per heavy atom. The average Bonchev–Trinajstić information content (AvgIpc) is 3.07. The highest BCUT2D eigenvalue weighted by molar-refractivity contribution is 5.94. The van der Waals surface area contributed by atoms with Crippen molar-refractivity contribution in [3.8, 4) is 0 Å². The third-order valence-corrected chi connectivity index (χ3v) is 4.59. The van der Waals surface area contributed by atoms with Gasteiger partial charge in [0.1, 0.15) is 5.82 Å². The Morgan fingerprint density at radius 1 is 1.28 bits per heavy atom. The number of rotatable bonds is 6. The summed E-state index contributed by atoms with van der Waals surface area (Å²) in [6.45, 7) is 4.02. The van der Waals surface area contributed by atoms with E-state index in [9.17, 15) is 4.79 Å². The lowest BCUT2D eigenvalue weighted by Gasteiger charge is -2.17. The van der Waals surface area contributed by atoms with Gasteiger partial charge in [-0.25, -0.2) is 4.98 Å². The number of aromatic nitrogens is 1. The zero-order valence-electron chi connectivity index (χ0n) is 15.0. The highest BCUT2D eigenvalue weighted by atomic mass is 16.2. The Balaban J connectivity index is 1.51. The first-order valence-corrected chi connectivity index (χ1v) is 8.79. The van der Waals surface area contributed by atoms with Crippen molar-refractivity contribution < 1.29 is 4.79 Å². The summed E-state index contributed by atoms with van der Waals surface area (Å²) in [4.78, 5) is 20.5. The van der Waals surface area contributed by atoms with Crippen molar-refractivity contribution in [2.45, 2.75) is 13.0 Å². The number of carbonyl (C=O) groups is 1. The molecule has 0 saturated carbocycles. The minimum absolute atomic E-state index is 0.0562. The molecule has 1 fully saturated rings. The van der Waals surface area contributed by atoms with Gasteiger partial charge in [0, 0.05) is 45.5 Å².